The fraction of sp³-hybridized carbons (Fsp3) is 0.417. The predicted molar refractivity (Wildman–Crippen MR) is 61.3 cm³/mol. The van der Waals surface area contributed by atoms with E-state index < -0.39 is 0 Å². The maximum atomic E-state index is 13.3. The molecule has 0 aliphatic heterocycles. The third kappa shape index (κ3) is 4.40. The number of halogens is 1. The molecular formula is C12H16FNO3. The highest BCUT2D eigenvalue weighted by Crippen LogP contribution is 2.17. The molecule has 0 heterocycles. The van der Waals surface area contributed by atoms with Gasteiger partial charge in [0, 0.05) is 13.1 Å². The van der Waals surface area contributed by atoms with Gasteiger partial charge in [-0.15, -0.1) is 0 Å². The molecule has 0 bridgehead atoms. The van der Waals surface area contributed by atoms with Crippen LogP contribution in [0, 0.1) is 5.82 Å². The summed E-state index contributed by atoms with van der Waals surface area (Å²) in [5.41, 5.74) is 0.799. The van der Waals surface area contributed by atoms with Crippen LogP contribution in [-0.4, -0.2) is 26.7 Å². The SMILES string of the molecule is COC(=O)CCNCc1ccc(OC)c(F)c1. The number of hydrogen-bond donors (Lipinski definition) is 1. The monoisotopic (exact) mass is 241 g/mol. The molecule has 1 N–H and O–H groups in total. The molecule has 0 unspecified atom stereocenters. The van der Waals surface area contributed by atoms with E-state index in [4.69, 9.17) is 4.74 Å². The Labute approximate surface area is 99.7 Å². The zero-order valence-electron chi connectivity index (χ0n) is 9.96. The van der Waals surface area contributed by atoms with Crippen molar-refractivity contribution in [2.45, 2.75) is 13.0 Å². The Morgan fingerprint density at radius 1 is 1.41 bits per heavy atom. The minimum atomic E-state index is -0.389. The molecule has 0 amide bonds. The van der Waals surface area contributed by atoms with Crippen molar-refractivity contribution in [2.75, 3.05) is 20.8 Å². The van der Waals surface area contributed by atoms with Gasteiger partial charge in [0.2, 0.25) is 0 Å². The summed E-state index contributed by atoms with van der Waals surface area (Å²) < 4.78 is 22.6. The summed E-state index contributed by atoms with van der Waals surface area (Å²) >= 11 is 0. The number of nitrogens with one attached hydrogen (secondary N) is 1. The maximum Gasteiger partial charge on any atom is 0.306 e. The Balaban J connectivity index is 2.37. The normalized spacial score (nSPS) is 10.1. The van der Waals surface area contributed by atoms with E-state index in [-0.39, 0.29) is 17.5 Å². The molecule has 0 radical (unpaired) electrons. The van der Waals surface area contributed by atoms with Crippen LogP contribution in [0.5, 0.6) is 5.75 Å². The van der Waals surface area contributed by atoms with Crippen molar-refractivity contribution >= 4 is 5.97 Å². The smallest absolute Gasteiger partial charge is 0.306 e. The van der Waals surface area contributed by atoms with Gasteiger partial charge < -0.3 is 14.8 Å². The molecule has 0 aliphatic carbocycles. The van der Waals surface area contributed by atoms with Crippen LogP contribution >= 0.6 is 0 Å². The van der Waals surface area contributed by atoms with E-state index in [0.717, 1.165) is 5.56 Å². The molecule has 0 atom stereocenters. The first kappa shape index (κ1) is 13.4. The zero-order chi connectivity index (χ0) is 12.7. The molecule has 0 saturated heterocycles. The summed E-state index contributed by atoms with van der Waals surface area (Å²) in [4.78, 5) is 10.8. The number of carbonyl (C=O) groups is 1. The molecule has 0 spiro atoms. The van der Waals surface area contributed by atoms with Crippen molar-refractivity contribution in [2.24, 2.45) is 0 Å². The summed E-state index contributed by atoms with van der Waals surface area (Å²) in [6.07, 6.45) is 0.301. The Hall–Kier alpha value is -1.62. The van der Waals surface area contributed by atoms with Crippen LogP contribution in [0.25, 0.3) is 0 Å². The lowest BCUT2D eigenvalue weighted by Crippen LogP contribution is -2.18. The van der Waals surface area contributed by atoms with Gasteiger partial charge in [-0.1, -0.05) is 6.07 Å². The number of carbonyl (C=O) groups excluding carboxylic acids is 1. The van der Waals surface area contributed by atoms with Crippen LogP contribution in [0.3, 0.4) is 0 Å². The second kappa shape index (κ2) is 6.85. The van der Waals surface area contributed by atoms with E-state index in [9.17, 15) is 9.18 Å². The highest BCUT2D eigenvalue weighted by Gasteiger charge is 2.03. The minimum absolute atomic E-state index is 0.225. The standard InChI is InChI=1S/C12H16FNO3/c1-16-11-4-3-9(7-10(11)13)8-14-6-5-12(15)17-2/h3-4,7,14H,5-6,8H2,1-2H3. The number of methoxy groups -OCH3 is 2. The summed E-state index contributed by atoms with van der Waals surface area (Å²) in [6.45, 7) is 0.998. The highest BCUT2D eigenvalue weighted by atomic mass is 19.1. The van der Waals surface area contributed by atoms with Crippen molar-refractivity contribution in [1.29, 1.82) is 0 Å². The highest BCUT2D eigenvalue weighted by molar-refractivity contribution is 5.69. The number of ether oxygens (including phenoxy) is 2. The molecule has 0 saturated carbocycles. The van der Waals surface area contributed by atoms with Crippen molar-refractivity contribution in [1.82, 2.24) is 5.32 Å². The number of esters is 1. The van der Waals surface area contributed by atoms with Gasteiger partial charge in [-0.2, -0.15) is 0 Å². The summed E-state index contributed by atoms with van der Waals surface area (Å²) in [7, 11) is 2.77. The van der Waals surface area contributed by atoms with Gasteiger partial charge in [-0.3, -0.25) is 4.79 Å². The molecule has 17 heavy (non-hydrogen) atoms. The lowest BCUT2D eigenvalue weighted by Gasteiger charge is -2.06. The first-order chi connectivity index (χ1) is 8.17. The van der Waals surface area contributed by atoms with Gasteiger partial charge in [-0.25, -0.2) is 4.39 Å². The third-order valence-corrected chi connectivity index (χ3v) is 2.28. The van der Waals surface area contributed by atoms with Crippen LogP contribution in [0.4, 0.5) is 4.39 Å². The molecular weight excluding hydrogens is 225 g/mol. The maximum absolute atomic E-state index is 13.3. The average molecular weight is 241 g/mol. The van der Waals surface area contributed by atoms with E-state index >= 15 is 0 Å². The lowest BCUT2D eigenvalue weighted by molar-refractivity contribution is -0.140. The second-order valence-electron chi connectivity index (χ2n) is 3.47. The molecule has 1 aromatic rings. The first-order valence-corrected chi connectivity index (χ1v) is 5.27. The van der Waals surface area contributed by atoms with Crippen LogP contribution in [0.2, 0.25) is 0 Å². The Bertz CT molecular complexity index is 382. The fourth-order valence-electron chi connectivity index (χ4n) is 1.35. The van der Waals surface area contributed by atoms with Crippen molar-refractivity contribution in [3.8, 4) is 5.75 Å². The predicted octanol–water partition coefficient (Wildman–Crippen LogP) is 1.49. The topological polar surface area (TPSA) is 47.6 Å². The number of benzene rings is 1. The van der Waals surface area contributed by atoms with Gasteiger partial charge in [-0.05, 0) is 17.7 Å². The van der Waals surface area contributed by atoms with Crippen LogP contribution in [0.15, 0.2) is 18.2 Å². The fourth-order valence-corrected chi connectivity index (χ4v) is 1.35. The van der Waals surface area contributed by atoms with E-state index in [1.54, 1.807) is 12.1 Å². The Morgan fingerprint density at radius 3 is 2.76 bits per heavy atom. The van der Waals surface area contributed by atoms with E-state index in [0.29, 0.717) is 19.5 Å². The second-order valence-corrected chi connectivity index (χ2v) is 3.47. The van der Waals surface area contributed by atoms with Crippen molar-refractivity contribution in [3.63, 3.8) is 0 Å². The third-order valence-electron chi connectivity index (χ3n) is 2.28. The van der Waals surface area contributed by atoms with Gasteiger partial charge >= 0.3 is 5.97 Å². The van der Waals surface area contributed by atoms with E-state index in [2.05, 4.69) is 10.1 Å². The molecule has 1 aromatic carbocycles. The first-order valence-electron chi connectivity index (χ1n) is 5.27. The Kier molecular flexibility index (Phi) is 5.42. The van der Waals surface area contributed by atoms with Crippen molar-refractivity contribution in [3.05, 3.63) is 29.6 Å². The molecule has 1 rings (SSSR count). The van der Waals surface area contributed by atoms with Crippen LogP contribution < -0.4 is 10.1 Å². The van der Waals surface area contributed by atoms with E-state index in [1.165, 1.54) is 20.3 Å². The largest absolute Gasteiger partial charge is 0.494 e. The van der Waals surface area contributed by atoms with Crippen LogP contribution in [0.1, 0.15) is 12.0 Å². The quantitative estimate of drug-likeness (QED) is 0.605. The summed E-state index contributed by atoms with van der Waals surface area (Å²) in [6, 6.07) is 4.75. The van der Waals surface area contributed by atoms with Gasteiger partial charge in [0.05, 0.1) is 20.6 Å². The molecule has 0 aliphatic rings. The number of hydrogen-bond acceptors (Lipinski definition) is 4. The molecule has 5 heteroatoms. The van der Waals surface area contributed by atoms with Crippen molar-refractivity contribution < 1.29 is 18.7 Å². The van der Waals surface area contributed by atoms with Crippen LogP contribution in [-0.2, 0) is 16.1 Å². The Morgan fingerprint density at radius 2 is 2.18 bits per heavy atom. The zero-order valence-corrected chi connectivity index (χ0v) is 9.96. The summed E-state index contributed by atoms with van der Waals surface area (Å²) in [5, 5.41) is 3.02. The van der Waals surface area contributed by atoms with E-state index in [1.807, 2.05) is 0 Å². The molecule has 0 aromatic heterocycles. The lowest BCUT2D eigenvalue weighted by atomic mass is 10.2. The minimum Gasteiger partial charge on any atom is -0.494 e. The number of rotatable bonds is 6. The average Bonchev–Trinajstić information content (AvgIpc) is 2.34. The molecule has 0 fully saturated rings. The van der Waals surface area contributed by atoms with Gasteiger partial charge in [0.25, 0.3) is 0 Å². The van der Waals surface area contributed by atoms with Gasteiger partial charge in [0.15, 0.2) is 11.6 Å². The molecule has 4 nitrogen and oxygen atoms in total. The summed E-state index contributed by atoms with van der Waals surface area (Å²) in [5.74, 6) is -0.429. The van der Waals surface area contributed by atoms with Gasteiger partial charge in [0.1, 0.15) is 0 Å². The molecule has 94 valence electrons.